The molecular formula is C18H20N4O2. The second-order valence-corrected chi connectivity index (χ2v) is 5.60. The first-order valence-corrected chi connectivity index (χ1v) is 7.86. The molecule has 6 nitrogen and oxygen atoms in total. The van der Waals surface area contributed by atoms with Crippen LogP contribution in [-0.2, 0) is 4.79 Å². The highest BCUT2D eigenvalue weighted by Crippen LogP contribution is 2.11. The first kappa shape index (κ1) is 17.5. The van der Waals surface area contributed by atoms with E-state index in [1.165, 1.54) is 0 Å². The quantitative estimate of drug-likeness (QED) is 0.816. The predicted molar refractivity (Wildman–Crippen MR) is 90.0 cm³/mol. The molecule has 0 atom stereocenters. The molecule has 1 saturated heterocycles. The van der Waals surface area contributed by atoms with E-state index in [2.05, 4.69) is 11.2 Å². The molecule has 0 aliphatic carbocycles. The molecule has 1 aliphatic rings. The van der Waals surface area contributed by atoms with E-state index in [0.717, 1.165) is 13.0 Å². The Bertz CT molecular complexity index is 687. The Hall–Kier alpha value is -2.83. The Labute approximate surface area is 142 Å². The van der Waals surface area contributed by atoms with Crippen LogP contribution in [-0.4, -0.2) is 60.9 Å². The van der Waals surface area contributed by atoms with Crippen molar-refractivity contribution in [3.05, 3.63) is 35.4 Å². The lowest BCUT2D eigenvalue weighted by Crippen LogP contribution is -2.40. The maximum absolute atomic E-state index is 12.6. The van der Waals surface area contributed by atoms with Crippen molar-refractivity contribution in [2.75, 3.05) is 39.3 Å². The van der Waals surface area contributed by atoms with Crippen LogP contribution in [0.1, 0.15) is 22.3 Å². The third-order valence-electron chi connectivity index (χ3n) is 3.87. The molecular weight excluding hydrogens is 304 g/mol. The SMILES string of the molecule is C#CCNC(=O)CN1CCCN(C(=O)c2cccc(C#N)c2)CC1. The van der Waals surface area contributed by atoms with Crippen molar-refractivity contribution in [1.82, 2.24) is 15.1 Å². The molecule has 0 bridgehead atoms. The number of benzene rings is 1. The van der Waals surface area contributed by atoms with Crippen molar-refractivity contribution in [2.45, 2.75) is 6.42 Å². The van der Waals surface area contributed by atoms with Crippen LogP contribution in [0.4, 0.5) is 0 Å². The Morgan fingerprint density at radius 1 is 1.25 bits per heavy atom. The summed E-state index contributed by atoms with van der Waals surface area (Å²) in [6.45, 7) is 3.09. The highest BCUT2D eigenvalue weighted by molar-refractivity contribution is 5.94. The molecule has 0 saturated carbocycles. The van der Waals surface area contributed by atoms with Crippen LogP contribution >= 0.6 is 0 Å². The fourth-order valence-electron chi connectivity index (χ4n) is 2.65. The number of carbonyl (C=O) groups excluding carboxylic acids is 2. The third-order valence-corrected chi connectivity index (χ3v) is 3.87. The van der Waals surface area contributed by atoms with E-state index < -0.39 is 0 Å². The van der Waals surface area contributed by atoms with Crippen LogP contribution in [0.15, 0.2) is 24.3 Å². The first-order valence-electron chi connectivity index (χ1n) is 7.86. The van der Waals surface area contributed by atoms with Crippen LogP contribution in [0.5, 0.6) is 0 Å². The van der Waals surface area contributed by atoms with Crippen molar-refractivity contribution in [3.8, 4) is 18.4 Å². The minimum Gasteiger partial charge on any atom is -0.344 e. The summed E-state index contributed by atoms with van der Waals surface area (Å²) in [6, 6.07) is 8.77. The molecule has 1 fully saturated rings. The molecule has 0 spiro atoms. The molecule has 1 N–H and O–H groups in total. The summed E-state index contributed by atoms with van der Waals surface area (Å²) >= 11 is 0. The normalized spacial score (nSPS) is 15.0. The van der Waals surface area contributed by atoms with Gasteiger partial charge in [0.25, 0.3) is 5.91 Å². The van der Waals surface area contributed by atoms with Gasteiger partial charge in [-0.2, -0.15) is 5.26 Å². The molecule has 2 rings (SSSR count). The zero-order valence-corrected chi connectivity index (χ0v) is 13.5. The molecule has 0 unspecified atom stereocenters. The van der Waals surface area contributed by atoms with Crippen molar-refractivity contribution in [2.24, 2.45) is 0 Å². The van der Waals surface area contributed by atoms with Gasteiger partial charge in [-0.25, -0.2) is 0 Å². The number of rotatable bonds is 4. The number of nitrogens with zero attached hydrogens (tertiary/aromatic N) is 3. The molecule has 6 heteroatoms. The molecule has 0 radical (unpaired) electrons. The van der Waals surface area contributed by atoms with Crippen molar-refractivity contribution in [3.63, 3.8) is 0 Å². The van der Waals surface area contributed by atoms with Crippen molar-refractivity contribution >= 4 is 11.8 Å². The average molecular weight is 324 g/mol. The average Bonchev–Trinajstić information content (AvgIpc) is 2.85. The maximum atomic E-state index is 12.6. The number of nitriles is 1. The van der Waals surface area contributed by atoms with Gasteiger partial charge in [-0.05, 0) is 24.6 Å². The summed E-state index contributed by atoms with van der Waals surface area (Å²) in [5.74, 6) is 2.19. The van der Waals surface area contributed by atoms with Gasteiger partial charge in [0.2, 0.25) is 5.91 Å². The number of hydrogen-bond donors (Lipinski definition) is 1. The zero-order chi connectivity index (χ0) is 17.4. The molecule has 1 aromatic carbocycles. The van der Waals surface area contributed by atoms with Crippen LogP contribution in [0, 0.1) is 23.7 Å². The van der Waals surface area contributed by atoms with Gasteiger partial charge in [-0.1, -0.05) is 12.0 Å². The summed E-state index contributed by atoms with van der Waals surface area (Å²) in [5, 5.41) is 11.6. The number of amides is 2. The lowest BCUT2D eigenvalue weighted by molar-refractivity contribution is -0.121. The summed E-state index contributed by atoms with van der Waals surface area (Å²) in [4.78, 5) is 28.1. The van der Waals surface area contributed by atoms with Crippen molar-refractivity contribution < 1.29 is 9.59 Å². The second kappa shape index (κ2) is 8.71. The second-order valence-electron chi connectivity index (χ2n) is 5.60. The number of nitrogens with one attached hydrogen (secondary N) is 1. The van der Waals surface area contributed by atoms with Gasteiger partial charge in [-0.3, -0.25) is 14.5 Å². The summed E-state index contributed by atoms with van der Waals surface area (Å²) in [6.07, 6.45) is 5.92. The molecule has 1 heterocycles. The van der Waals surface area contributed by atoms with E-state index >= 15 is 0 Å². The number of terminal acetylenes is 1. The van der Waals surface area contributed by atoms with E-state index in [9.17, 15) is 9.59 Å². The Balaban J connectivity index is 1.93. The summed E-state index contributed by atoms with van der Waals surface area (Å²) in [7, 11) is 0. The number of carbonyl (C=O) groups is 2. The highest BCUT2D eigenvalue weighted by Gasteiger charge is 2.21. The van der Waals surface area contributed by atoms with Crippen LogP contribution < -0.4 is 5.32 Å². The fourth-order valence-corrected chi connectivity index (χ4v) is 2.65. The predicted octanol–water partition coefficient (Wildman–Crippen LogP) is 0.456. The molecule has 24 heavy (non-hydrogen) atoms. The van der Waals surface area contributed by atoms with Gasteiger partial charge in [0.1, 0.15) is 0 Å². The Morgan fingerprint density at radius 2 is 2.08 bits per heavy atom. The molecule has 0 aromatic heterocycles. The third kappa shape index (κ3) is 4.84. The minimum atomic E-state index is -0.102. The monoisotopic (exact) mass is 324 g/mol. The van der Waals surface area contributed by atoms with E-state index in [1.54, 1.807) is 29.2 Å². The van der Waals surface area contributed by atoms with E-state index in [1.807, 2.05) is 11.0 Å². The lowest BCUT2D eigenvalue weighted by atomic mass is 10.1. The van der Waals surface area contributed by atoms with Crippen LogP contribution in [0.3, 0.4) is 0 Å². The van der Waals surface area contributed by atoms with Gasteiger partial charge < -0.3 is 10.2 Å². The molecule has 2 amide bonds. The molecule has 124 valence electrons. The van der Waals surface area contributed by atoms with Crippen LogP contribution in [0.2, 0.25) is 0 Å². The van der Waals surface area contributed by atoms with E-state index in [0.29, 0.717) is 30.8 Å². The van der Waals surface area contributed by atoms with Gasteiger partial charge >= 0.3 is 0 Å². The maximum Gasteiger partial charge on any atom is 0.253 e. The van der Waals surface area contributed by atoms with E-state index in [-0.39, 0.29) is 24.9 Å². The fraction of sp³-hybridized carbons (Fsp3) is 0.389. The van der Waals surface area contributed by atoms with Gasteiger partial charge in [-0.15, -0.1) is 6.42 Å². The standard InChI is InChI=1S/C18H20N4O2/c1-2-7-20-17(23)14-21-8-4-9-22(11-10-21)18(24)16-6-3-5-15(12-16)13-19/h1,3,5-6,12H,4,7-11,14H2,(H,20,23). The highest BCUT2D eigenvalue weighted by atomic mass is 16.2. The van der Waals surface area contributed by atoms with E-state index in [4.69, 9.17) is 11.7 Å². The Kier molecular flexibility index (Phi) is 6.36. The minimum absolute atomic E-state index is 0.0780. The number of hydrogen-bond acceptors (Lipinski definition) is 4. The lowest BCUT2D eigenvalue weighted by Gasteiger charge is -2.21. The topological polar surface area (TPSA) is 76.4 Å². The smallest absolute Gasteiger partial charge is 0.253 e. The zero-order valence-electron chi connectivity index (χ0n) is 13.5. The van der Waals surface area contributed by atoms with Crippen molar-refractivity contribution in [1.29, 1.82) is 5.26 Å². The molecule has 1 aromatic rings. The largest absolute Gasteiger partial charge is 0.344 e. The molecule has 1 aliphatic heterocycles. The van der Waals surface area contributed by atoms with Crippen LogP contribution in [0.25, 0.3) is 0 Å². The van der Waals surface area contributed by atoms with Gasteiger partial charge in [0.15, 0.2) is 0 Å². The summed E-state index contributed by atoms with van der Waals surface area (Å²) < 4.78 is 0. The van der Waals surface area contributed by atoms with Gasteiger partial charge in [0, 0.05) is 31.7 Å². The Morgan fingerprint density at radius 3 is 2.83 bits per heavy atom. The summed E-state index contributed by atoms with van der Waals surface area (Å²) in [5.41, 5.74) is 0.997. The first-order chi connectivity index (χ1) is 11.6. The van der Waals surface area contributed by atoms with Gasteiger partial charge in [0.05, 0.1) is 24.7 Å².